The second-order valence-corrected chi connectivity index (χ2v) is 5.94. The standard InChI is InChI=1S/C19H14Cl2N2O3/c1-2-26-19(25)13(11-22)8-12-4-3-5-15(9-12)23-18(24)16-7-6-14(20)10-17(16)21/h3-10H,2H2,1H3,(H,23,24)/b13-8+. The van der Waals surface area contributed by atoms with E-state index in [4.69, 9.17) is 33.2 Å². The second-order valence-electron chi connectivity index (χ2n) is 5.09. The van der Waals surface area contributed by atoms with Crippen molar-refractivity contribution in [2.75, 3.05) is 11.9 Å². The monoisotopic (exact) mass is 388 g/mol. The molecule has 0 saturated carbocycles. The number of benzene rings is 2. The molecule has 1 N–H and O–H groups in total. The molecule has 0 aliphatic carbocycles. The van der Waals surface area contributed by atoms with Crippen LogP contribution in [0.1, 0.15) is 22.8 Å². The van der Waals surface area contributed by atoms with E-state index in [2.05, 4.69) is 5.32 Å². The van der Waals surface area contributed by atoms with Crippen LogP contribution in [-0.4, -0.2) is 18.5 Å². The van der Waals surface area contributed by atoms with Gasteiger partial charge in [-0.15, -0.1) is 0 Å². The molecule has 0 radical (unpaired) electrons. The Morgan fingerprint density at radius 1 is 1.23 bits per heavy atom. The molecule has 2 aromatic carbocycles. The van der Waals surface area contributed by atoms with E-state index in [0.717, 1.165) is 0 Å². The largest absolute Gasteiger partial charge is 0.462 e. The van der Waals surface area contributed by atoms with Crippen LogP contribution in [-0.2, 0) is 9.53 Å². The van der Waals surface area contributed by atoms with Crippen molar-refractivity contribution in [3.05, 3.63) is 69.2 Å². The van der Waals surface area contributed by atoms with E-state index < -0.39 is 11.9 Å². The first-order valence-corrected chi connectivity index (χ1v) is 8.35. The first kappa shape index (κ1) is 19.5. The lowest BCUT2D eigenvalue weighted by Crippen LogP contribution is -2.12. The van der Waals surface area contributed by atoms with E-state index >= 15 is 0 Å². The van der Waals surface area contributed by atoms with E-state index in [1.54, 1.807) is 43.3 Å². The van der Waals surface area contributed by atoms with Crippen molar-refractivity contribution in [1.29, 1.82) is 5.26 Å². The Bertz CT molecular complexity index is 917. The van der Waals surface area contributed by atoms with Crippen LogP contribution in [0.15, 0.2) is 48.0 Å². The molecule has 2 rings (SSSR count). The average Bonchev–Trinajstić information content (AvgIpc) is 2.60. The summed E-state index contributed by atoms with van der Waals surface area (Å²) in [6.07, 6.45) is 1.39. The van der Waals surface area contributed by atoms with Crippen LogP contribution in [0.2, 0.25) is 10.0 Å². The summed E-state index contributed by atoms with van der Waals surface area (Å²) < 4.78 is 4.82. The van der Waals surface area contributed by atoms with Gasteiger partial charge in [-0.3, -0.25) is 4.79 Å². The van der Waals surface area contributed by atoms with Crippen LogP contribution in [0.5, 0.6) is 0 Å². The number of hydrogen-bond acceptors (Lipinski definition) is 4. The fourth-order valence-corrected chi connectivity index (χ4v) is 2.58. The topological polar surface area (TPSA) is 79.2 Å². The van der Waals surface area contributed by atoms with E-state index in [9.17, 15) is 9.59 Å². The molecule has 1 amide bonds. The van der Waals surface area contributed by atoms with Crippen molar-refractivity contribution in [2.24, 2.45) is 0 Å². The molecule has 0 bridgehead atoms. The summed E-state index contributed by atoms with van der Waals surface area (Å²) in [5.74, 6) is -1.10. The molecule has 0 atom stereocenters. The SMILES string of the molecule is CCOC(=O)/C(C#N)=C/c1cccc(NC(=O)c2ccc(Cl)cc2Cl)c1. The van der Waals surface area contributed by atoms with Gasteiger partial charge in [0.2, 0.25) is 0 Å². The highest BCUT2D eigenvalue weighted by Gasteiger charge is 2.12. The lowest BCUT2D eigenvalue weighted by Gasteiger charge is -2.08. The Morgan fingerprint density at radius 3 is 2.65 bits per heavy atom. The predicted molar refractivity (Wildman–Crippen MR) is 101 cm³/mol. The first-order chi connectivity index (χ1) is 12.4. The van der Waals surface area contributed by atoms with Crippen molar-refractivity contribution in [3.8, 4) is 6.07 Å². The molecule has 0 unspecified atom stereocenters. The lowest BCUT2D eigenvalue weighted by atomic mass is 10.1. The van der Waals surface area contributed by atoms with Gasteiger partial charge < -0.3 is 10.1 Å². The molecule has 0 aromatic heterocycles. The first-order valence-electron chi connectivity index (χ1n) is 7.60. The minimum atomic E-state index is -0.697. The fourth-order valence-electron chi connectivity index (χ4n) is 2.09. The number of nitrogens with one attached hydrogen (secondary N) is 1. The van der Waals surface area contributed by atoms with E-state index in [1.807, 2.05) is 0 Å². The molecule has 26 heavy (non-hydrogen) atoms. The van der Waals surface area contributed by atoms with Gasteiger partial charge in [-0.1, -0.05) is 35.3 Å². The smallest absolute Gasteiger partial charge is 0.348 e. The molecule has 2 aromatic rings. The number of anilines is 1. The molecule has 132 valence electrons. The second kappa shape index (κ2) is 9.04. The Balaban J connectivity index is 2.22. The van der Waals surface area contributed by atoms with Gasteiger partial charge in [0.1, 0.15) is 11.6 Å². The maximum atomic E-state index is 12.3. The number of ether oxygens (including phenoxy) is 1. The molecular formula is C19H14Cl2N2O3. The zero-order valence-electron chi connectivity index (χ0n) is 13.8. The fraction of sp³-hybridized carbons (Fsp3) is 0.105. The maximum absolute atomic E-state index is 12.3. The highest BCUT2D eigenvalue weighted by atomic mass is 35.5. The highest BCUT2D eigenvalue weighted by molar-refractivity contribution is 6.37. The van der Waals surface area contributed by atoms with Crippen LogP contribution in [0.3, 0.4) is 0 Å². The summed E-state index contributed by atoms with van der Waals surface area (Å²) in [5.41, 5.74) is 1.20. The van der Waals surface area contributed by atoms with Gasteiger partial charge in [-0.05, 0) is 48.9 Å². The number of amides is 1. The lowest BCUT2D eigenvalue weighted by molar-refractivity contribution is -0.137. The third-order valence-electron chi connectivity index (χ3n) is 3.25. The molecule has 0 spiro atoms. The number of nitriles is 1. The third-order valence-corrected chi connectivity index (χ3v) is 3.79. The molecule has 0 aliphatic heterocycles. The van der Waals surface area contributed by atoms with E-state index in [0.29, 0.717) is 16.3 Å². The van der Waals surface area contributed by atoms with Gasteiger partial charge in [-0.25, -0.2) is 4.79 Å². The zero-order chi connectivity index (χ0) is 19.1. The minimum Gasteiger partial charge on any atom is -0.462 e. The molecule has 0 heterocycles. The van der Waals surface area contributed by atoms with Gasteiger partial charge in [0.25, 0.3) is 5.91 Å². The number of halogens is 2. The normalized spacial score (nSPS) is 10.8. The van der Waals surface area contributed by atoms with Crippen LogP contribution in [0.4, 0.5) is 5.69 Å². The van der Waals surface area contributed by atoms with Crippen molar-refractivity contribution in [3.63, 3.8) is 0 Å². The summed E-state index contributed by atoms with van der Waals surface area (Å²) in [6, 6.07) is 13.1. The van der Waals surface area contributed by atoms with Crippen LogP contribution in [0.25, 0.3) is 6.08 Å². The minimum absolute atomic E-state index is 0.129. The van der Waals surface area contributed by atoms with Gasteiger partial charge in [0.15, 0.2) is 0 Å². The van der Waals surface area contributed by atoms with Crippen molar-refractivity contribution in [2.45, 2.75) is 6.92 Å². The van der Waals surface area contributed by atoms with Crippen LogP contribution in [0, 0.1) is 11.3 Å². The Kier molecular flexibility index (Phi) is 6.79. The summed E-state index contributed by atoms with van der Waals surface area (Å²) >= 11 is 11.9. The Hall–Kier alpha value is -2.81. The summed E-state index contributed by atoms with van der Waals surface area (Å²) in [5, 5.41) is 12.5. The maximum Gasteiger partial charge on any atom is 0.348 e. The van der Waals surface area contributed by atoms with E-state index in [-0.39, 0.29) is 22.8 Å². The van der Waals surface area contributed by atoms with Gasteiger partial charge >= 0.3 is 5.97 Å². The van der Waals surface area contributed by atoms with Crippen molar-refractivity contribution >= 4 is 46.8 Å². The third kappa shape index (κ3) is 5.09. The zero-order valence-corrected chi connectivity index (χ0v) is 15.3. The van der Waals surface area contributed by atoms with Gasteiger partial charge in [0, 0.05) is 10.7 Å². The number of esters is 1. The number of carbonyl (C=O) groups is 2. The number of carbonyl (C=O) groups excluding carboxylic acids is 2. The molecule has 5 nitrogen and oxygen atoms in total. The predicted octanol–water partition coefficient (Wildman–Crippen LogP) is 4.72. The van der Waals surface area contributed by atoms with Crippen molar-refractivity contribution < 1.29 is 14.3 Å². The summed E-state index contributed by atoms with van der Waals surface area (Å²) in [7, 11) is 0. The average molecular weight is 389 g/mol. The van der Waals surface area contributed by atoms with Gasteiger partial charge in [0.05, 0.1) is 17.2 Å². The molecule has 0 aliphatic rings. The molecule has 0 saturated heterocycles. The number of rotatable bonds is 5. The molecular weight excluding hydrogens is 375 g/mol. The number of nitrogens with zero attached hydrogens (tertiary/aromatic N) is 1. The molecule has 7 heteroatoms. The van der Waals surface area contributed by atoms with Crippen molar-refractivity contribution in [1.82, 2.24) is 0 Å². The Labute approximate surface area is 160 Å². The van der Waals surface area contributed by atoms with Gasteiger partial charge in [-0.2, -0.15) is 5.26 Å². The summed E-state index contributed by atoms with van der Waals surface area (Å²) in [6.45, 7) is 1.83. The van der Waals surface area contributed by atoms with Crippen LogP contribution < -0.4 is 5.32 Å². The molecule has 0 fully saturated rings. The van der Waals surface area contributed by atoms with Crippen LogP contribution >= 0.6 is 23.2 Å². The summed E-state index contributed by atoms with van der Waals surface area (Å²) in [4.78, 5) is 24.0. The quantitative estimate of drug-likeness (QED) is 0.456. The number of hydrogen-bond donors (Lipinski definition) is 1. The Morgan fingerprint density at radius 2 is 2.00 bits per heavy atom. The van der Waals surface area contributed by atoms with E-state index in [1.165, 1.54) is 18.2 Å². The highest BCUT2D eigenvalue weighted by Crippen LogP contribution is 2.22.